The van der Waals surface area contributed by atoms with E-state index in [1.165, 1.54) is 6.07 Å². The molecule has 98 valence electrons. The number of carboxylic acids is 1. The number of aromatic carboxylic acids is 1. The number of hydrogen-bond donors (Lipinski definition) is 1. The van der Waals surface area contributed by atoms with E-state index in [4.69, 9.17) is 16.7 Å². The monoisotopic (exact) mass is 290 g/mol. The number of rotatable bonds is 2. The molecule has 1 atom stereocenters. The highest BCUT2D eigenvalue weighted by atomic mass is 35.5. The fraction of sp³-hybridized carbons (Fsp3) is 0.400. The lowest BCUT2D eigenvalue weighted by Gasteiger charge is -2.17. The summed E-state index contributed by atoms with van der Waals surface area (Å²) in [7, 11) is -3.44. The molecule has 1 fully saturated rings. The van der Waals surface area contributed by atoms with Gasteiger partial charge in [-0.05, 0) is 19.4 Å². The summed E-state index contributed by atoms with van der Waals surface area (Å²) < 4.78 is 25.1. The second-order valence-corrected chi connectivity index (χ2v) is 6.73. The first-order valence-electron chi connectivity index (χ1n) is 5.24. The van der Waals surface area contributed by atoms with Crippen LogP contribution in [0.15, 0.2) is 12.3 Å². The molecule has 1 unspecified atom stereocenters. The van der Waals surface area contributed by atoms with Crippen molar-refractivity contribution in [1.29, 1.82) is 0 Å². The van der Waals surface area contributed by atoms with Gasteiger partial charge in [0.25, 0.3) is 0 Å². The van der Waals surface area contributed by atoms with Crippen LogP contribution in [0.2, 0.25) is 5.02 Å². The van der Waals surface area contributed by atoms with Gasteiger partial charge in [0.1, 0.15) is 5.82 Å². The van der Waals surface area contributed by atoms with Gasteiger partial charge in [0.15, 0.2) is 0 Å². The van der Waals surface area contributed by atoms with Crippen molar-refractivity contribution >= 4 is 33.4 Å². The molecule has 0 saturated carbocycles. The Kier molecular flexibility index (Phi) is 3.20. The van der Waals surface area contributed by atoms with Crippen LogP contribution in [0.5, 0.6) is 0 Å². The molecule has 1 aliphatic heterocycles. The number of carboxylic acid groups (broad SMARTS) is 1. The van der Waals surface area contributed by atoms with Crippen molar-refractivity contribution in [2.24, 2.45) is 0 Å². The van der Waals surface area contributed by atoms with Crippen LogP contribution in [0.1, 0.15) is 23.7 Å². The van der Waals surface area contributed by atoms with E-state index in [0.717, 1.165) is 10.5 Å². The van der Waals surface area contributed by atoms with E-state index >= 15 is 0 Å². The highest BCUT2D eigenvalue weighted by Crippen LogP contribution is 2.29. The fourth-order valence-electron chi connectivity index (χ4n) is 1.77. The van der Waals surface area contributed by atoms with Crippen LogP contribution in [0.4, 0.5) is 5.82 Å². The van der Waals surface area contributed by atoms with Crippen molar-refractivity contribution in [3.05, 3.63) is 22.8 Å². The number of anilines is 1. The summed E-state index contributed by atoms with van der Waals surface area (Å²) in [6.07, 6.45) is 1.65. The van der Waals surface area contributed by atoms with Gasteiger partial charge in [-0.2, -0.15) is 0 Å². The van der Waals surface area contributed by atoms with Gasteiger partial charge in [-0.1, -0.05) is 11.6 Å². The number of carbonyl (C=O) groups is 1. The SMILES string of the molecule is CC1CCN(c2cc(C(=O)O)c(Cl)cn2)S1(=O)=O. The molecule has 0 aliphatic carbocycles. The lowest BCUT2D eigenvalue weighted by Crippen LogP contribution is -2.29. The van der Waals surface area contributed by atoms with E-state index in [2.05, 4.69) is 4.98 Å². The van der Waals surface area contributed by atoms with E-state index in [9.17, 15) is 13.2 Å². The van der Waals surface area contributed by atoms with E-state index in [1.807, 2.05) is 0 Å². The van der Waals surface area contributed by atoms with Gasteiger partial charge in [-0.3, -0.25) is 4.31 Å². The van der Waals surface area contributed by atoms with Crippen molar-refractivity contribution in [1.82, 2.24) is 4.98 Å². The van der Waals surface area contributed by atoms with Crippen molar-refractivity contribution in [2.45, 2.75) is 18.6 Å². The molecule has 2 rings (SSSR count). The number of hydrogen-bond acceptors (Lipinski definition) is 4. The maximum absolute atomic E-state index is 12.0. The molecule has 2 heterocycles. The second-order valence-electron chi connectivity index (χ2n) is 4.04. The number of nitrogens with zero attached hydrogens (tertiary/aromatic N) is 2. The molecule has 0 amide bonds. The minimum Gasteiger partial charge on any atom is -0.478 e. The van der Waals surface area contributed by atoms with Gasteiger partial charge < -0.3 is 5.11 Å². The first kappa shape index (κ1) is 13.1. The third-order valence-corrected chi connectivity index (χ3v) is 5.42. The summed E-state index contributed by atoms with van der Waals surface area (Å²) in [5, 5.41) is 8.43. The Bertz CT molecular complexity index is 602. The van der Waals surface area contributed by atoms with Crippen LogP contribution in [0.3, 0.4) is 0 Å². The van der Waals surface area contributed by atoms with Crippen LogP contribution in [-0.4, -0.2) is 36.3 Å². The van der Waals surface area contributed by atoms with E-state index in [1.54, 1.807) is 6.92 Å². The van der Waals surface area contributed by atoms with E-state index in [-0.39, 0.29) is 16.4 Å². The van der Waals surface area contributed by atoms with Gasteiger partial charge in [0.2, 0.25) is 10.0 Å². The first-order valence-corrected chi connectivity index (χ1v) is 7.12. The number of halogens is 1. The molecule has 0 aromatic carbocycles. The molecule has 0 radical (unpaired) electrons. The maximum atomic E-state index is 12.0. The summed E-state index contributed by atoms with van der Waals surface area (Å²) in [4.78, 5) is 14.8. The molecule has 8 heteroatoms. The van der Waals surface area contributed by atoms with Gasteiger partial charge >= 0.3 is 5.97 Å². The molecule has 6 nitrogen and oxygen atoms in total. The van der Waals surface area contributed by atoms with Crippen LogP contribution in [0.25, 0.3) is 0 Å². The average molecular weight is 291 g/mol. The van der Waals surface area contributed by atoms with Crippen molar-refractivity contribution in [2.75, 3.05) is 10.8 Å². The van der Waals surface area contributed by atoms with Crippen molar-refractivity contribution in [3.8, 4) is 0 Å². The van der Waals surface area contributed by atoms with Crippen LogP contribution < -0.4 is 4.31 Å². The van der Waals surface area contributed by atoms with Gasteiger partial charge in [0.05, 0.1) is 15.8 Å². The average Bonchev–Trinajstić information content (AvgIpc) is 2.55. The highest BCUT2D eigenvalue weighted by Gasteiger charge is 2.36. The summed E-state index contributed by atoms with van der Waals surface area (Å²) >= 11 is 5.69. The molecular formula is C10H11ClN2O4S. The summed E-state index contributed by atoms with van der Waals surface area (Å²) in [5.74, 6) is -1.12. The highest BCUT2D eigenvalue weighted by molar-refractivity contribution is 7.93. The Hall–Kier alpha value is -1.34. The normalized spacial score (nSPS) is 22.1. The predicted molar refractivity (Wildman–Crippen MR) is 66.6 cm³/mol. The van der Waals surface area contributed by atoms with E-state index in [0.29, 0.717) is 13.0 Å². The Balaban J connectivity index is 2.48. The smallest absolute Gasteiger partial charge is 0.337 e. The largest absolute Gasteiger partial charge is 0.478 e. The van der Waals surface area contributed by atoms with Gasteiger partial charge in [-0.25, -0.2) is 18.2 Å². The molecule has 1 saturated heterocycles. The standard InChI is InChI=1S/C10H11ClN2O4S/c1-6-2-3-13(18(6,16)17)9-4-7(10(14)15)8(11)5-12-9/h4-6H,2-3H2,1H3,(H,14,15). The lowest BCUT2D eigenvalue weighted by molar-refractivity contribution is 0.0697. The van der Waals surface area contributed by atoms with E-state index < -0.39 is 21.2 Å². The zero-order valence-electron chi connectivity index (χ0n) is 9.50. The Labute approximate surface area is 109 Å². The number of pyridine rings is 1. The van der Waals surface area contributed by atoms with Crippen molar-refractivity contribution in [3.63, 3.8) is 0 Å². The minimum absolute atomic E-state index is 0.0177. The third kappa shape index (κ3) is 2.04. The Morgan fingerprint density at radius 2 is 2.28 bits per heavy atom. The first-order chi connectivity index (χ1) is 8.34. The molecule has 0 bridgehead atoms. The maximum Gasteiger partial charge on any atom is 0.337 e. The van der Waals surface area contributed by atoms with Crippen LogP contribution in [0, 0.1) is 0 Å². The molecule has 1 aromatic rings. The van der Waals surface area contributed by atoms with Crippen LogP contribution in [-0.2, 0) is 10.0 Å². The van der Waals surface area contributed by atoms with Crippen LogP contribution >= 0.6 is 11.6 Å². The number of aromatic nitrogens is 1. The molecule has 1 aliphatic rings. The van der Waals surface area contributed by atoms with Crippen molar-refractivity contribution < 1.29 is 18.3 Å². The Morgan fingerprint density at radius 3 is 2.78 bits per heavy atom. The molecule has 1 aromatic heterocycles. The zero-order valence-corrected chi connectivity index (χ0v) is 11.1. The summed E-state index contributed by atoms with van der Waals surface area (Å²) in [6, 6.07) is 1.18. The Morgan fingerprint density at radius 1 is 1.61 bits per heavy atom. The minimum atomic E-state index is -3.44. The van der Waals surface area contributed by atoms with Gasteiger partial charge in [-0.15, -0.1) is 0 Å². The third-order valence-electron chi connectivity index (χ3n) is 2.88. The molecule has 18 heavy (non-hydrogen) atoms. The number of sulfonamides is 1. The predicted octanol–water partition coefficient (Wildman–Crippen LogP) is 1.36. The second kappa shape index (κ2) is 4.40. The lowest BCUT2D eigenvalue weighted by atomic mass is 10.2. The fourth-order valence-corrected chi connectivity index (χ4v) is 3.51. The molecular weight excluding hydrogens is 280 g/mol. The summed E-state index contributed by atoms with van der Waals surface area (Å²) in [5.41, 5.74) is -0.156. The quantitative estimate of drug-likeness (QED) is 0.888. The topological polar surface area (TPSA) is 87.6 Å². The molecule has 0 spiro atoms. The zero-order chi connectivity index (χ0) is 13.5. The van der Waals surface area contributed by atoms with Gasteiger partial charge in [0, 0.05) is 12.7 Å². The molecule has 1 N–H and O–H groups in total. The summed E-state index contributed by atoms with van der Waals surface area (Å²) in [6.45, 7) is 1.92.